The molecular formula is C18H13BrN4O3S. The molecule has 0 fully saturated rings. The third-order valence-electron chi connectivity index (χ3n) is 3.95. The Kier molecular flexibility index (Phi) is 4.63. The second-order valence-corrected chi connectivity index (χ2v) is 7.51. The molecule has 2 aromatic heterocycles. The highest BCUT2D eigenvalue weighted by Crippen LogP contribution is 2.30. The number of nitrogens with zero attached hydrogens (tertiary/aromatic N) is 3. The van der Waals surface area contributed by atoms with Crippen LogP contribution in [0.25, 0.3) is 22.4 Å². The summed E-state index contributed by atoms with van der Waals surface area (Å²) in [7, 11) is 0. The van der Waals surface area contributed by atoms with Crippen LogP contribution in [0.4, 0.5) is 0 Å². The van der Waals surface area contributed by atoms with Crippen LogP contribution in [0.2, 0.25) is 0 Å². The second-order valence-electron chi connectivity index (χ2n) is 5.72. The summed E-state index contributed by atoms with van der Waals surface area (Å²) in [6.07, 6.45) is 0. The smallest absolute Gasteiger partial charge is 0.336 e. The van der Waals surface area contributed by atoms with Gasteiger partial charge in [-0.2, -0.15) is 0 Å². The fourth-order valence-corrected chi connectivity index (χ4v) is 3.99. The second kappa shape index (κ2) is 7.09. The van der Waals surface area contributed by atoms with Gasteiger partial charge in [-0.15, -0.1) is 10.2 Å². The quantitative estimate of drug-likeness (QED) is 0.281. The summed E-state index contributed by atoms with van der Waals surface area (Å²) in [6.45, 7) is 0. The molecule has 7 nitrogen and oxygen atoms in total. The lowest BCUT2D eigenvalue weighted by molar-refractivity contribution is 0.473. The van der Waals surface area contributed by atoms with Gasteiger partial charge in [0.1, 0.15) is 11.3 Å². The third kappa shape index (κ3) is 3.43. The van der Waals surface area contributed by atoms with Crippen molar-refractivity contribution < 1.29 is 9.52 Å². The van der Waals surface area contributed by atoms with Crippen LogP contribution in [-0.4, -0.2) is 20.0 Å². The summed E-state index contributed by atoms with van der Waals surface area (Å²) in [5, 5.41) is 19.2. The Morgan fingerprint density at radius 2 is 2.00 bits per heavy atom. The minimum absolute atomic E-state index is 0.0373. The number of nitrogen functional groups attached to an aromatic ring is 1. The summed E-state index contributed by atoms with van der Waals surface area (Å²) in [5.41, 5.74) is 1.45. The predicted octanol–water partition coefficient (Wildman–Crippen LogP) is 3.53. The molecule has 0 aliphatic carbocycles. The molecule has 2 heterocycles. The van der Waals surface area contributed by atoms with Gasteiger partial charge in [0.05, 0.1) is 0 Å². The predicted molar refractivity (Wildman–Crippen MR) is 107 cm³/mol. The fraction of sp³-hybridized carbons (Fsp3) is 0.0556. The zero-order chi connectivity index (χ0) is 19.0. The van der Waals surface area contributed by atoms with Gasteiger partial charge < -0.3 is 15.4 Å². The molecule has 4 aromatic rings. The van der Waals surface area contributed by atoms with Crippen LogP contribution in [-0.2, 0) is 5.75 Å². The number of nitrogens with two attached hydrogens (primary N) is 1. The number of phenols is 1. The van der Waals surface area contributed by atoms with Crippen LogP contribution in [0.1, 0.15) is 5.56 Å². The van der Waals surface area contributed by atoms with Crippen molar-refractivity contribution in [3.05, 3.63) is 69.0 Å². The molecule has 2 aromatic carbocycles. The summed E-state index contributed by atoms with van der Waals surface area (Å²) >= 11 is 4.84. The lowest BCUT2D eigenvalue weighted by atomic mass is 10.1. The summed E-state index contributed by atoms with van der Waals surface area (Å²) < 4.78 is 7.43. The van der Waals surface area contributed by atoms with Gasteiger partial charge in [0.2, 0.25) is 5.16 Å². The number of hydrogen-bond donors (Lipinski definition) is 2. The summed E-state index contributed by atoms with van der Waals surface area (Å²) in [6, 6.07) is 13.7. The molecule has 0 bridgehead atoms. The Morgan fingerprint density at radius 3 is 2.81 bits per heavy atom. The number of benzene rings is 2. The molecule has 9 heteroatoms. The Hall–Kier alpha value is -2.78. The van der Waals surface area contributed by atoms with Crippen molar-refractivity contribution in [2.45, 2.75) is 10.9 Å². The van der Waals surface area contributed by atoms with Gasteiger partial charge >= 0.3 is 5.63 Å². The maximum absolute atomic E-state index is 11.8. The molecule has 0 atom stereocenters. The highest BCUT2D eigenvalue weighted by Gasteiger charge is 2.15. The SMILES string of the molecule is Nn1c(SCc2cc(=O)oc3cc(O)ccc23)nnc1-c1ccccc1Br. The van der Waals surface area contributed by atoms with Crippen LogP contribution >= 0.6 is 27.7 Å². The topological polar surface area (TPSA) is 107 Å². The van der Waals surface area contributed by atoms with Crippen molar-refractivity contribution in [2.75, 3.05) is 5.84 Å². The summed E-state index contributed by atoms with van der Waals surface area (Å²) in [5.74, 6) is 7.18. The molecule has 0 radical (unpaired) electrons. The average molecular weight is 445 g/mol. The number of fused-ring (bicyclic) bond motifs is 1. The van der Waals surface area contributed by atoms with Crippen LogP contribution < -0.4 is 11.5 Å². The van der Waals surface area contributed by atoms with Gasteiger partial charge in [-0.3, -0.25) is 0 Å². The molecule has 136 valence electrons. The Morgan fingerprint density at radius 1 is 1.19 bits per heavy atom. The van der Waals surface area contributed by atoms with E-state index in [1.165, 1.54) is 28.6 Å². The van der Waals surface area contributed by atoms with Crippen molar-refractivity contribution >= 4 is 38.7 Å². The van der Waals surface area contributed by atoms with Crippen LogP contribution in [0.3, 0.4) is 0 Å². The third-order valence-corrected chi connectivity index (χ3v) is 5.63. The Labute approximate surface area is 165 Å². The number of hydrogen-bond acceptors (Lipinski definition) is 7. The number of halogens is 1. The number of thioether (sulfide) groups is 1. The maximum Gasteiger partial charge on any atom is 0.336 e. The first-order valence-corrected chi connectivity index (χ1v) is 9.65. The van der Waals surface area contributed by atoms with E-state index in [4.69, 9.17) is 10.3 Å². The number of rotatable bonds is 4. The van der Waals surface area contributed by atoms with Crippen molar-refractivity contribution in [1.82, 2.24) is 14.9 Å². The van der Waals surface area contributed by atoms with Crippen molar-refractivity contribution in [3.8, 4) is 17.1 Å². The van der Waals surface area contributed by atoms with E-state index in [-0.39, 0.29) is 5.75 Å². The van der Waals surface area contributed by atoms with E-state index in [0.717, 1.165) is 21.0 Å². The molecule has 0 aliphatic rings. The van der Waals surface area contributed by atoms with E-state index in [1.54, 1.807) is 12.1 Å². The normalized spacial score (nSPS) is 11.1. The minimum atomic E-state index is -0.480. The highest BCUT2D eigenvalue weighted by molar-refractivity contribution is 9.10. The largest absolute Gasteiger partial charge is 0.508 e. The van der Waals surface area contributed by atoms with Crippen molar-refractivity contribution in [3.63, 3.8) is 0 Å². The number of aromatic nitrogens is 3. The van der Waals surface area contributed by atoms with Gasteiger partial charge in [0, 0.05) is 33.3 Å². The minimum Gasteiger partial charge on any atom is -0.508 e. The van der Waals surface area contributed by atoms with Gasteiger partial charge in [-0.1, -0.05) is 39.8 Å². The van der Waals surface area contributed by atoms with E-state index < -0.39 is 5.63 Å². The summed E-state index contributed by atoms with van der Waals surface area (Å²) in [4.78, 5) is 11.8. The molecular weight excluding hydrogens is 432 g/mol. The highest BCUT2D eigenvalue weighted by atomic mass is 79.9. The van der Waals surface area contributed by atoms with E-state index in [0.29, 0.717) is 22.3 Å². The molecule has 27 heavy (non-hydrogen) atoms. The molecule has 0 amide bonds. The first kappa shape index (κ1) is 17.6. The zero-order valence-electron chi connectivity index (χ0n) is 13.8. The van der Waals surface area contributed by atoms with Gasteiger partial charge in [-0.25, -0.2) is 9.47 Å². The monoisotopic (exact) mass is 444 g/mol. The molecule has 0 unspecified atom stereocenters. The van der Waals surface area contributed by atoms with E-state index in [9.17, 15) is 9.90 Å². The number of aromatic hydroxyl groups is 1. The van der Waals surface area contributed by atoms with Crippen molar-refractivity contribution in [1.29, 1.82) is 0 Å². The van der Waals surface area contributed by atoms with E-state index in [1.807, 2.05) is 24.3 Å². The number of phenolic OH excluding ortho intramolecular Hbond substituents is 1. The van der Waals surface area contributed by atoms with E-state index >= 15 is 0 Å². The average Bonchev–Trinajstić information content (AvgIpc) is 3.00. The van der Waals surface area contributed by atoms with Gasteiger partial charge in [0.25, 0.3) is 0 Å². The molecule has 0 aliphatic heterocycles. The van der Waals surface area contributed by atoms with Crippen LogP contribution in [0, 0.1) is 0 Å². The standard InChI is InChI=1S/C18H13BrN4O3S/c19-14-4-2-1-3-13(14)17-21-22-18(23(17)20)27-9-10-7-16(25)26-15-8-11(24)5-6-12(10)15/h1-8,24H,9,20H2. The Bertz CT molecular complexity index is 1200. The maximum atomic E-state index is 11.8. The molecule has 0 spiro atoms. The van der Waals surface area contributed by atoms with E-state index in [2.05, 4.69) is 26.1 Å². The van der Waals surface area contributed by atoms with Crippen LogP contribution in [0.5, 0.6) is 5.75 Å². The lowest BCUT2D eigenvalue weighted by Crippen LogP contribution is -2.11. The molecule has 4 rings (SSSR count). The Balaban J connectivity index is 1.65. The van der Waals surface area contributed by atoms with Gasteiger partial charge in [-0.05, 0) is 29.8 Å². The van der Waals surface area contributed by atoms with Crippen molar-refractivity contribution in [2.24, 2.45) is 0 Å². The first-order valence-electron chi connectivity index (χ1n) is 7.87. The molecule has 0 saturated carbocycles. The zero-order valence-corrected chi connectivity index (χ0v) is 16.2. The first-order chi connectivity index (χ1) is 13.0. The molecule has 3 N–H and O–H groups in total. The molecule has 0 saturated heterocycles. The fourth-order valence-electron chi connectivity index (χ4n) is 2.68. The van der Waals surface area contributed by atoms with Crippen LogP contribution in [0.15, 0.2) is 67.4 Å². The van der Waals surface area contributed by atoms with Gasteiger partial charge in [0.15, 0.2) is 5.82 Å². The lowest BCUT2D eigenvalue weighted by Gasteiger charge is -2.07.